The van der Waals surface area contributed by atoms with Crippen molar-refractivity contribution in [2.75, 3.05) is 26.4 Å². The lowest BCUT2D eigenvalue weighted by Crippen LogP contribution is -2.17. The van der Waals surface area contributed by atoms with Gasteiger partial charge in [-0.1, -0.05) is 27.5 Å². The SMILES string of the molecule is CN(C)CCCS(=O)(=O)c1cc(Cl)cc(CS(=O)(=O)c2cc(Br)ccc2O)c1. The number of aromatic hydroxyl groups is 1. The summed E-state index contributed by atoms with van der Waals surface area (Å²) in [6.45, 7) is 0.614. The number of nitrogens with zero attached hydrogens (tertiary/aromatic N) is 1. The Kier molecular flexibility index (Phi) is 7.55. The third-order valence-electron chi connectivity index (χ3n) is 3.92. The maximum Gasteiger partial charge on any atom is 0.186 e. The average molecular weight is 511 g/mol. The lowest BCUT2D eigenvalue weighted by Gasteiger charge is -2.12. The van der Waals surface area contributed by atoms with E-state index < -0.39 is 25.4 Å². The van der Waals surface area contributed by atoms with Crippen LogP contribution < -0.4 is 0 Å². The zero-order valence-electron chi connectivity index (χ0n) is 15.4. The van der Waals surface area contributed by atoms with Gasteiger partial charge in [-0.15, -0.1) is 0 Å². The second-order valence-corrected chi connectivity index (χ2v) is 12.1. The first-order chi connectivity index (χ1) is 12.9. The lowest BCUT2D eigenvalue weighted by molar-refractivity contribution is 0.408. The molecule has 0 unspecified atom stereocenters. The van der Waals surface area contributed by atoms with Crippen LogP contribution in [0.5, 0.6) is 5.75 Å². The third kappa shape index (κ3) is 6.18. The minimum Gasteiger partial charge on any atom is -0.507 e. The largest absolute Gasteiger partial charge is 0.507 e. The van der Waals surface area contributed by atoms with Gasteiger partial charge < -0.3 is 10.0 Å². The molecule has 6 nitrogen and oxygen atoms in total. The molecule has 2 aromatic carbocycles. The van der Waals surface area contributed by atoms with E-state index in [9.17, 15) is 21.9 Å². The molecule has 2 rings (SSSR count). The standard InChI is InChI=1S/C18H21BrClNO5S2/c1-21(2)6-3-7-27(23,24)16-9-13(8-15(20)11-16)12-28(25,26)18-10-14(19)4-5-17(18)22/h4-5,8-11,22H,3,6-7,12H2,1-2H3. The lowest BCUT2D eigenvalue weighted by atomic mass is 10.2. The van der Waals surface area contributed by atoms with Crippen molar-refractivity contribution in [3.8, 4) is 5.75 Å². The highest BCUT2D eigenvalue weighted by atomic mass is 79.9. The van der Waals surface area contributed by atoms with Gasteiger partial charge >= 0.3 is 0 Å². The van der Waals surface area contributed by atoms with Crippen LogP contribution in [0.2, 0.25) is 5.02 Å². The fourth-order valence-corrected chi connectivity index (χ4v) is 6.28. The number of phenolic OH excluding ortho intramolecular Hbond substituents is 1. The highest BCUT2D eigenvalue weighted by molar-refractivity contribution is 9.10. The summed E-state index contributed by atoms with van der Waals surface area (Å²) in [5, 5.41) is 10.0. The number of halogens is 2. The summed E-state index contributed by atoms with van der Waals surface area (Å²) in [4.78, 5) is 1.63. The van der Waals surface area contributed by atoms with Crippen LogP contribution >= 0.6 is 27.5 Å². The van der Waals surface area contributed by atoms with Gasteiger partial charge in [-0.05, 0) is 69.0 Å². The molecule has 0 aliphatic carbocycles. The van der Waals surface area contributed by atoms with Crippen LogP contribution in [0, 0.1) is 0 Å². The molecule has 0 aliphatic heterocycles. The number of sulfone groups is 2. The van der Waals surface area contributed by atoms with Crippen molar-refractivity contribution in [2.24, 2.45) is 0 Å². The zero-order valence-corrected chi connectivity index (χ0v) is 19.4. The molecule has 0 aromatic heterocycles. The molecule has 0 saturated heterocycles. The molecule has 28 heavy (non-hydrogen) atoms. The van der Waals surface area contributed by atoms with E-state index in [0.29, 0.717) is 17.4 Å². The van der Waals surface area contributed by atoms with E-state index in [1.54, 1.807) is 0 Å². The van der Waals surface area contributed by atoms with Gasteiger partial charge in [0.25, 0.3) is 0 Å². The molecule has 1 N–H and O–H groups in total. The normalized spacial score (nSPS) is 12.5. The molecule has 0 bridgehead atoms. The van der Waals surface area contributed by atoms with Crippen LogP contribution in [0.1, 0.15) is 12.0 Å². The van der Waals surface area contributed by atoms with Crippen molar-refractivity contribution >= 4 is 47.2 Å². The molecule has 2 aromatic rings. The van der Waals surface area contributed by atoms with Crippen LogP contribution in [0.4, 0.5) is 0 Å². The summed E-state index contributed by atoms with van der Waals surface area (Å²) in [5.74, 6) is -0.927. The number of rotatable bonds is 8. The second-order valence-electron chi connectivity index (χ2n) is 6.64. The van der Waals surface area contributed by atoms with Crippen molar-refractivity contribution in [1.82, 2.24) is 4.90 Å². The summed E-state index contributed by atoms with van der Waals surface area (Å²) in [6.07, 6.45) is 0.446. The van der Waals surface area contributed by atoms with E-state index in [-0.39, 0.29) is 31.9 Å². The minimum atomic E-state index is -3.91. The summed E-state index contributed by atoms with van der Waals surface area (Å²) < 4.78 is 51.1. The molecule has 0 spiro atoms. The van der Waals surface area contributed by atoms with Gasteiger partial charge in [0.15, 0.2) is 19.7 Å². The molecule has 0 radical (unpaired) electrons. The maximum atomic E-state index is 12.7. The Morgan fingerprint density at radius 1 is 1.04 bits per heavy atom. The molecule has 154 valence electrons. The first kappa shape index (κ1) is 23.2. The van der Waals surface area contributed by atoms with E-state index >= 15 is 0 Å². The van der Waals surface area contributed by atoms with Crippen molar-refractivity contribution in [1.29, 1.82) is 0 Å². The number of phenols is 1. The summed E-state index contributed by atoms with van der Waals surface area (Å²) in [5.41, 5.74) is 0.234. The second kappa shape index (κ2) is 9.13. The van der Waals surface area contributed by atoms with Crippen LogP contribution in [0.25, 0.3) is 0 Å². The Labute approximate surface area is 179 Å². The number of hydrogen-bond donors (Lipinski definition) is 1. The summed E-state index contributed by atoms with van der Waals surface area (Å²) in [6, 6.07) is 8.14. The summed E-state index contributed by atoms with van der Waals surface area (Å²) >= 11 is 9.23. The van der Waals surface area contributed by atoms with Crippen LogP contribution in [0.15, 0.2) is 50.7 Å². The number of benzene rings is 2. The van der Waals surface area contributed by atoms with E-state index in [1.807, 2.05) is 19.0 Å². The van der Waals surface area contributed by atoms with E-state index in [1.165, 1.54) is 36.4 Å². The Morgan fingerprint density at radius 2 is 1.71 bits per heavy atom. The Hall–Kier alpha value is -1.13. The highest BCUT2D eigenvalue weighted by Gasteiger charge is 2.22. The third-order valence-corrected chi connectivity index (χ3v) is 8.12. The van der Waals surface area contributed by atoms with Gasteiger partial charge in [0, 0.05) is 9.50 Å². The molecule has 10 heteroatoms. The van der Waals surface area contributed by atoms with E-state index in [2.05, 4.69) is 15.9 Å². The maximum absolute atomic E-state index is 12.7. The quantitative estimate of drug-likeness (QED) is 0.584. The monoisotopic (exact) mass is 509 g/mol. The predicted molar refractivity (Wildman–Crippen MR) is 113 cm³/mol. The molecule has 0 fully saturated rings. The first-order valence-corrected chi connectivity index (χ1v) is 12.8. The predicted octanol–water partition coefficient (Wildman–Crippen LogP) is 3.51. The molecule has 0 atom stereocenters. The molecule has 0 aliphatic rings. The van der Waals surface area contributed by atoms with E-state index in [4.69, 9.17) is 11.6 Å². The van der Waals surface area contributed by atoms with Gasteiger partial charge in [0.1, 0.15) is 10.6 Å². The first-order valence-electron chi connectivity index (χ1n) is 8.29. The Morgan fingerprint density at radius 3 is 2.36 bits per heavy atom. The molecule has 0 saturated carbocycles. The molecular weight excluding hydrogens is 490 g/mol. The fourth-order valence-electron chi connectivity index (χ4n) is 2.61. The Bertz CT molecular complexity index is 1070. The van der Waals surface area contributed by atoms with Gasteiger partial charge in [0.2, 0.25) is 0 Å². The van der Waals surface area contributed by atoms with Crippen molar-refractivity contribution in [3.05, 3.63) is 51.5 Å². The van der Waals surface area contributed by atoms with Crippen molar-refractivity contribution < 1.29 is 21.9 Å². The topological polar surface area (TPSA) is 91.8 Å². The van der Waals surface area contributed by atoms with Crippen molar-refractivity contribution in [2.45, 2.75) is 22.0 Å². The average Bonchev–Trinajstić information content (AvgIpc) is 2.55. The highest BCUT2D eigenvalue weighted by Crippen LogP contribution is 2.30. The van der Waals surface area contributed by atoms with Crippen LogP contribution in [0.3, 0.4) is 0 Å². The Balaban J connectivity index is 2.34. The molecule has 0 heterocycles. The van der Waals surface area contributed by atoms with Gasteiger partial charge in [-0.2, -0.15) is 0 Å². The summed E-state index contributed by atoms with van der Waals surface area (Å²) in [7, 11) is -3.81. The van der Waals surface area contributed by atoms with Crippen LogP contribution in [-0.2, 0) is 25.4 Å². The fraction of sp³-hybridized carbons (Fsp3) is 0.333. The minimum absolute atomic E-state index is 0.0116. The number of hydrogen-bond acceptors (Lipinski definition) is 6. The van der Waals surface area contributed by atoms with Crippen molar-refractivity contribution in [3.63, 3.8) is 0 Å². The molecule has 0 amide bonds. The zero-order chi connectivity index (χ0) is 21.1. The molecular formula is C18H21BrClNO5S2. The van der Waals surface area contributed by atoms with Gasteiger partial charge in [-0.3, -0.25) is 0 Å². The van der Waals surface area contributed by atoms with Crippen LogP contribution in [-0.4, -0.2) is 53.2 Å². The van der Waals surface area contributed by atoms with Gasteiger partial charge in [-0.25, -0.2) is 16.8 Å². The smallest absolute Gasteiger partial charge is 0.186 e. The van der Waals surface area contributed by atoms with E-state index in [0.717, 1.165) is 0 Å². The van der Waals surface area contributed by atoms with Gasteiger partial charge in [0.05, 0.1) is 16.4 Å².